The van der Waals surface area contributed by atoms with Crippen LogP contribution in [0.15, 0.2) is 78.4 Å². The number of halogens is 3. The van der Waals surface area contributed by atoms with E-state index < -0.39 is 57.0 Å². The number of phenols is 1. The molecule has 2 aliphatic heterocycles. The summed E-state index contributed by atoms with van der Waals surface area (Å²) in [6.07, 6.45) is 2.55. The van der Waals surface area contributed by atoms with Gasteiger partial charge in [0.1, 0.15) is 5.82 Å². The average Bonchev–Trinajstić information content (AvgIpc) is 3.40. The highest BCUT2D eigenvalue weighted by atomic mass is 35.5. The zero-order valence-corrected chi connectivity index (χ0v) is 27.1. The number of aryl methyl sites for hydroxylation is 1. The van der Waals surface area contributed by atoms with E-state index in [1.165, 1.54) is 17.0 Å². The van der Waals surface area contributed by atoms with Crippen molar-refractivity contribution >= 4 is 58.2 Å². The second kappa shape index (κ2) is 11.2. The Morgan fingerprint density at radius 1 is 0.872 bits per heavy atom. The Morgan fingerprint density at radius 2 is 1.53 bits per heavy atom. The summed E-state index contributed by atoms with van der Waals surface area (Å²) in [6, 6.07) is 16.8. The minimum atomic E-state index is -2.17. The number of anilines is 2. The van der Waals surface area contributed by atoms with Gasteiger partial charge >= 0.3 is 0 Å². The van der Waals surface area contributed by atoms with Crippen molar-refractivity contribution in [1.82, 2.24) is 0 Å². The monoisotopic (exact) mass is 676 g/mol. The van der Waals surface area contributed by atoms with Gasteiger partial charge in [0.2, 0.25) is 11.8 Å². The number of amides is 4. The standard InChI is InChI=1S/C36H31Cl2FN2O6/c1-3-19-8-12-21(13-9-19)40-31(43)24-17-16-23-26(28(24)32(40)44)18-35(37)33(45)41(22-14-10-20(39)11-15-22)34(46)36(35,38)29(23)25-6-5-7-27(30(25)42)47-4-2/h5-16,24,26,28-29,42H,3-4,17-18H2,1-2H3. The number of rotatable bonds is 6. The van der Waals surface area contributed by atoms with Gasteiger partial charge < -0.3 is 9.84 Å². The number of ether oxygens (including phenoxy) is 1. The van der Waals surface area contributed by atoms with E-state index >= 15 is 0 Å². The first-order chi connectivity index (χ1) is 22.5. The molecule has 47 heavy (non-hydrogen) atoms. The molecule has 3 aromatic rings. The van der Waals surface area contributed by atoms with E-state index in [4.69, 9.17) is 27.9 Å². The van der Waals surface area contributed by atoms with Crippen molar-refractivity contribution in [1.29, 1.82) is 0 Å². The molecular formula is C36H31Cl2FN2O6. The van der Waals surface area contributed by atoms with E-state index in [-0.39, 0.29) is 48.1 Å². The lowest BCUT2D eigenvalue weighted by atomic mass is 9.56. The minimum Gasteiger partial charge on any atom is -0.504 e. The van der Waals surface area contributed by atoms with Crippen LogP contribution in [0.5, 0.6) is 11.5 Å². The first-order valence-electron chi connectivity index (χ1n) is 15.6. The molecule has 1 saturated carbocycles. The Balaban J connectivity index is 1.40. The number of carbonyl (C=O) groups excluding carboxylic acids is 4. The molecule has 0 radical (unpaired) electrons. The summed E-state index contributed by atoms with van der Waals surface area (Å²) in [5.41, 5.74) is 2.30. The molecule has 6 atom stereocenters. The van der Waals surface area contributed by atoms with Crippen molar-refractivity contribution in [2.75, 3.05) is 16.4 Å². The molecule has 0 aromatic heterocycles. The number of aromatic hydroxyl groups is 1. The molecule has 11 heteroatoms. The second-order valence-electron chi connectivity index (χ2n) is 12.4. The highest BCUT2D eigenvalue weighted by Gasteiger charge is 2.77. The molecule has 3 aromatic carbocycles. The van der Waals surface area contributed by atoms with Crippen LogP contribution in [0.4, 0.5) is 15.8 Å². The lowest BCUT2D eigenvalue weighted by molar-refractivity contribution is -0.125. The van der Waals surface area contributed by atoms with Crippen LogP contribution in [0.25, 0.3) is 0 Å². The summed E-state index contributed by atoms with van der Waals surface area (Å²) >= 11 is 14.8. The van der Waals surface area contributed by atoms with E-state index in [1.54, 1.807) is 43.3 Å². The SMILES string of the molecule is CCOc1cccc(C2C3=CCC4C(=O)N(c5ccc(CC)cc5)C(=O)C4C3CC3(Cl)C(=O)N(c4ccc(F)cc4)C(=O)C23Cl)c1O. The molecule has 242 valence electrons. The first-order valence-corrected chi connectivity index (χ1v) is 16.4. The van der Waals surface area contributed by atoms with Gasteiger partial charge in [-0.05, 0) is 80.1 Å². The fourth-order valence-corrected chi connectivity index (χ4v) is 8.85. The zero-order chi connectivity index (χ0) is 33.4. The van der Waals surface area contributed by atoms with Crippen LogP contribution >= 0.6 is 23.2 Å². The Bertz CT molecular complexity index is 1860. The zero-order valence-electron chi connectivity index (χ0n) is 25.6. The van der Waals surface area contributed by atoms with Crippen LogP contribution in [-0.2, 0) is 25.6 Å². The molecule has 1 N–H and O–H groups in total. The topological polar surface area (TPSA) is 104 Å². The average molecular weight is 678 g/mol. The highest BCUT2D eigenvalue weighted by Crippen LogP contribution is 2.66. The van der Waals surface area contributed by atoms with E-state index in [2.05, 4.69) is 0 Å². The summed E-state index contributed by atoms with van der Waals surface area (Å²) in [4.78, 5) is 54.8. The summed E-state index contributed by atoms with van der Waals surface area (Å²) in [7, 11) is 0. The number of phenolic OH excluding ortho intramolecular Hbond substituents is 1. The van der Waals surface area contributed by atoms with E-state index in [9.17, 15) is 28.7 Å². The molecule has 0 bridgehead atoms. The fraction of sp³-hybridized carbons (Fsp3) is 0.333. The lowest BCUT2D eigenvalue weighted by Gasteiger charge is -2.50. The summed E-state index contributed by atoms with van der Waals surface area (Å²) < 4.78 is 19.5. The summed E-state index contributed by atoms with van der Waals surface area (Å²) in [5, 5.41) is 11.5. The van der Waals surface area contributed by atoms with Gasteiger partial charge in [-0.1, -0.05) is 42.8 Å². The molecule has 0 spiro atoms. The number of imide groups is 2. The number of nitrogens with zero attached hydrogens (tertiary/aromatic N) is 2. The molecule has 3 fully saturated rings. The van der Waals surface area contributed by atoms with Crippen LogP contribution < -0.4 is 14.5 Å². The minimum absolute atomic E-state index is 0.0746. The van der Waals surface area contributed by atoms with Crippen molar-refractivity contribution in [2.24, 2.45) is 17.8 Å². The highest BCUT2D eigenvalue weighted by molar-refractivity contribution is 6.58. The molecule has 2 heterocycles. The number of alkyl halides is 2. The molecule has 2 saturated heterocycles. The third-order valence-electron chi connectivity index (χ3n) is 10.1. The predicted octanol–water partition coefficient (Wildman–Crippen LogP) is 6.26. The van der Waals surface area contributed by atoms with Gasteiger partial charge in [0, 0.05) is 11.5 Å². The third kappa shape index (κ3) is 4.32. The molecule has 4 amide bonds. The number of benzene rings is 3. The molecule has 8 nitrogen and oxygen atoms in total. The van der Waals surface area contributed by atoms with Crippen LogP contribution in [0.1, 0.15) is 43.7 Å². The Morgan fingerprint density at radius 3 is 2.19 bits per heavy atom. The number of allylic oxidation sites excluding steroid dienone is 2. The van der Waals surface area contributed by atoms with Crippen molar-refractivity contribution in [2.45, 2.75) is 48.8 Å². The maximum absolute atomic E-state index is 14.5. The molecule has 4 aliphatic rings. The maximum Gasteiger partial charge on any atom is 0.258 e. The number of hydrogen-bond acceptors (Lipinski definition) is 6. The van der Waals surface area contributed by atoms with Gasteiger partial charge in [0.15, 0.2) is 21.2 Å². The Hall–Kier alpha value is -4.21. The molecule has 7 rings (SSSR count). The van der Waals surface area contributed by atoms with Gasteiger partial charge in [-0.25, -0.2) is 9.29 Å². The Kier molecular flexibility index (Phi) is 7.48. The molecule has 6 unspecified atom stereocenters. The van der Waals surface area contributed by atoms with Crippen molar-refractivity contribution in [3.63, 3.8) is 0 Å². The fourth-order valence-electron chi connectivity index (χ4n) is 7.92. The Labute approximate surface area is 280 Å². The largest absolute Gasteiger partial charge is 0.504 e. The van der Waals surface area contributed by atoms with Gasteiger partial charge in [0.05, 0.1) is 29.8 Å². The van der Waals surface area contributed by atoms with Gasteiger partial charge in [-0.3, -0.25) is 24.1 Å². The predicted molar refractivity (Wildman–Crippen MR) is 174 cm³/mol. The van der Waals surface area contributed by atoms with Crippen LogP contribution in [-0.4, -0.2) is 45.1 Å². The van der Waals surface area contributed by atoms with E-state index in [0.717, 1.165) is 29.0 Å². The number of para-hydroxylation sites is 1. The number of hydrogen-bond donors (Lipinski definition) is 1. The van der Waals surface area contributed by atoms with Crippen molar-refractivity contribution in [3.8, 4) is 11.5 Å². The normalized spacial score (nSPS) is 29.9. The van der Waals surface area contributed by atoms with Crippen LogP contribution in [0.3, 0.4) is 0 Å². The van der Waals surface area contributed by atoms with Gasteiger partial charge in [-0.2, -0.15) is 0 Å². The van der Waals surface area contributed by atoms with Gasteiger partial charge in [0.25, 0.3) is 11.8 Å². The molecular weight excluding hydrogens is 646 g/mol. The number of carbonyl (C=O) groups is 4. The summed E-state index contributed by atoms with van der Waals surface area (Å²) in [5.74, 6) is -6.76. The smallest absolute Gasteiger partial charge is 0.258 e. The maximum atomic E-state index is 14.5. The van der Waals surface area contributed by atoms with Crippen molar-refractivity contribution in [3.05, 3.63) is 95.3 Å². The van der Waals surface area contributed by atoms with Crippen LogP contribution in [0, 0.1) is 23.6 Å². The van der Waals surface area contributed by atoms with Crippen molar-refractivity contribution < 1.29 is 33.4 Å². The van der Waals surface area contributed by atoms with E-state index in [1.807, 2.05) is 19.1 Å². The quantitative estimate of drug-likeness (QED) is 0.188. The third-order valence-corrected chi connectivity index (χ3v) is 11.6. The first kappa shape index (κ1) is 31.4. The molecule has 2 aliphatic carbocycles. The van der Waals surface area contributed by atoms with Gasteiger partial charge in [-0.15, -0.1) is 23.2 Å². The second-order valence-corrected chi connectivity index (χ2v) is 13.7. The summed E-state index contributed by atoms with van der Waals surface area (Å²) in [6.45, 7) is 4.00. The number of fused-ring (bicyclic) bond motifs is 4. The van der Waals surface area contributed by atoms with Crippen LogP contribution in [0.2, 0.25) is 0 Å². The lowest BCUT2D eigenvalue weighted by Crippen LogP contribution is -2.60. The van der Waals surface area contributed by atoms with E-state index in [0.29, 0.717) is 11.3 Å².